The second-order valence-corrected chi connectivity index (χ2v) is 8.26. The molecule has 0 aliphatic carbocycles. The quantitative estimate of drug-likeness (QED) is 0.248. The van der Waals surface area contributed by atoms with Gasteiger partial charge in [0.1, 0.15) is 11.5 Å². The third kappa shape index (κ3) is 5.29. The number of aromatic nitrogens is 4. The number of hydrogen-bond acceptors (Lipinski definition) is 8. The molecule has 0 saturated carbocycles. The third-order valence-corrected chi connectivity index (χ3v) is 5.71. The van der Waals surface area contributed by atoms with Crippen LogP contribution in [0.5, 0.6) is 11.5 Å². The lowest BCUT2D eigenvalue weighted by atomic mass is 10.3. The van der Waals surface area contributed by atoms with E-state index in [1.165, 1.54) is 30.0 Å². The van der Waals surface area contributed by atoms with E-state index in [0.29, 0.717) is 33.8 Å². The summed E-state index contributed by atoms with van der Waals surface area (Å²) >= 11 is 2.77. The van der Waals surface area contributed by atoms with Crippen molar-refractivity contribution in [2.45, 2.75) is 11.3 Å². The van der Waals surface area contributed by atoms with Crippen molar-refractivity contribution in [2.75, 3.05) is 22.2 Å². The first-order valence-corrected chi connectivity index (χ1v) is 11.0. The highest BCUT2D eigenvalue weighted by Gasteiger charge is 2.09. The summed E-state index contributed by atoms with van der Waals surface area (Å²) < 4.78 is 6.64. The molecule has 0 saturated heterocycles. The van der Waals surface area contributed by atoms with Crippen molar-refractivity contribution in [3.63, 3.8) is 0 Å². The molecule has 4 aromatic rings. The highest BCUT2D eigenvalue weighted by atomic mass is 32.2. The summed E-state index contributed by atoms with van der Waals surface area (Å²) in [7, 11) is 0. The molecule has 0 aliphatic rings. The number of rotatable bonds is 6. The Morgan fingerprint density at radius 2 is 1.81 bits per heavy atom. The molecule has 2 heterocycles. The Morgan fingerprint density at radius 3 is 2.52 bits per heavy atom. The molecule has 31 heavy (non-hydrogen) atoms. The Kier molecular flexibility index (Phi) is 6.00. The molecule has 10 nitrogen and oxygen atoms in total. The van der Waals surface area contributed by atoms with Crippen LogP contribution in [-0.4, -0.2) is 38.4 Å². The maximum atomic E-state index is 12.1. The largest absolute Gasteiger partial charge is 0.457 e. The van der Waals surface area contributed by atoms with Crippen LogP contribution in [0.3, 0.4) is 0 Å². The lowest BCUT2D eigenvalue weighted by Crippen LogP contribution is -2.19. The van der Waals surface area contributed by atoms with Gasteiger partial charge in [0.2, 0.25) is 17.0 Å². The van der Waals surface area contributed by atoms with E-state index < -0.39 is 6.03 Å². The van der Waals surface area contributed by atoms with Gasteiger partial charge in [0.25, 0.3) is 0 Å². The zero-order chi connectivity index (χ0) is 21.8. The molecule has 0 spiro atoms. The zero-order valence-corrected chi connectivity index (χ0v) is 18.1. The number of carbonyl (C=O) groups excluding carboxylic acids is 2. The van der Waals surface area contributed by atoms with E-state index in [9.17, 15) is 9.59 Å². The maximum absolute atomic E-state index is 12.1. The predicted molar refractivity (Wildman–Crippen MR) is 121 cm³/mol. The van der Waals surface area contributed by atoms with Gasteiger partial charge in [0.05, 0.1) is 11.0 Å². The summed E-state index contributed by atoms with van der Waals surface area (Å²) in [6, 6.07) is 11.9. The Morgan fingerprint density at radius 1 is 1.03 bits per heavy atom. The van der Waals surface area contributed by atoms with Crippen molar-refractivity contribution in [1.82, 2.24) is 20.2 Å². The number of imidazole rings is 1. The van der Waals surface area contributed by atoms with Crippen molar-refractivity contribution in [2.24, 2.45) is 0 Å². The summed E-state index contributed by atoms with van der Waals surface area (Å²) in [6.07, 6.45) is 1.89. The number of nitrogens with one attached hydrogen (secondary N) is 4. The molecular weight excluding hydrogens is 438 g/mol. The van der Waals surface area contributed by atoms with Gasteiger partial charge in [-0.15, -0.1) is 10.2 Å². The van der Waals surface area contributed by atoms with Crippen LogP contribution in [0.15, 0.2) is 46.8 Å². The van der Waals surface area contributed by atoms with Gasteiger partial charge in [-0.05, 0) is 42.7 Å². The van der Waals surface area contributed by atoms with E-state index >= 15 is 0 Å². The lowest BCUT2D eigenvalue weighted by Gasteiger charge is -2.08. The molecule has 3 amide bonds. The third-order valence-electron chi connectivity index (χ3n) is 3.90. The summed E-state index contributed by atoms with van der Waals surface area (Å²) in [4.78, 5) is 30.6. The highest BCUT2D eigenvalue weighted by Crippen LogP contribution is 2.27. The highest BCUT2D eigenvalue weighted by molar-refractivity contribution is 8.00. The number of nitrogens with zero attached hydrogens (tertiary/aromatic N) is 3. The Hall–Kier alpha value is -3.64. The molecule has 0 atom stereocenters. The summed E-state index contributed by atoms with van der Waals surface area (Å²) in [5.74, 6) is 1.38. The SMILES string of the molecule is CSc1nnc(NC(=O)Nc2ccc(Oc3ccc4nc(NC(C)=O)[nH]c4c3)cc2)s1. The number of anilines is 3. The number of benzene rings is 2. The van der Waals surface area contributed by atoms with E-state index in [0.717, 1.165) is 9.86 Å². The molecule has 0 unspecified atom stereocenters. The van der Waals surface area contributed by atoms with Gasteiger partial charge in [-0.25, -0.2) is 9.78 Å². The van der Waals surface area contributed by atoms with E-state index in [2.05, 4.69) is 36.1 Å². The molecule has 0 radical (unpaired) electrons. The van der Waals surface area contributed by atoms with Crippen molar-refractivity contribution in [3.8, 4) is 11.5 Å². The van der Waals surface area contributed by atoms with Gasteiger partial charge < -0.3 is 15.0 Å². The van der Waals surface area contributed by atoms with Crippen molar-refractivity contribution in [3.05, 3.63) is 42.5 Å². The van der Waals surface area contributed by atoms with E-state index in [1.807, 2.05) is 6.26 Å². The average Bonchev–Trinajstić information content (AvgIpc) is 3.34. The van der Waals surface area contributed by atoms with E-state index in [4.69, 9.17) is 4.74 Å². The maximum Gasteiger partial charge on any atom is 0.325 e. The molecule has 158 valence electrons. The molecule has 12 heteroatoms. The summed E-state index contributed by atoms with van der Waals surface area (Å²) in [5, 5.41) is 16.2. The molecule has 4 rings (SSSR count). The van der Waals surface area contributed by atoms with Crippen molar-refractivity contribution in [1.29, 1.82) is 0 Å². The van der Waals surface area contributed by atoms with Crippen LogP contribution in [0.4, 0.5) is 21.6 Å². The second kappa shape index (κ2) is 9.02. The van der Waals surface area contributed by atoms with E-state index in [1.54, 1.807) is 42.5 Å². The van der Waals surface area contributed by atoms with Gasteiger partial charge in [-0.3, -0.25) is 15.4 Å². The summed E-state index contributed by atoms with van der Waals surface area (Å²) in [5.41, 5.74) is 2.04. The minimum Gasteiger partial charge on any atom is -0.457 e. The van der Waals surface area contributed by atoms with Gasteiger partial charge in [-0.1, -0.05) is 23.1 Å². The number of carbonyl (C=O) groups is 2. The first kappa shape index (κ1) is 20.6. The van der Waals surface area contributed by atoms with Crippen molar-refractivity contribution < 1.29 is 14.3 Å². The fourth-order valence-electron chi connectivity index (χ4n) is 2.62. The molecule has 0 bridgehead atoms. The van der Waals surface area contributed by atoms with Gasteiger partial charge in [-0.2, -0.15) is 0 Å². The Labute approximate surface area is 184 Å². The molecule has 0 aliphatic heterocycles. The topological polar surface area (TPSA) is 134 Å². The minimum atomic E-state index is -0.405. The number of ether oxygens (including phenoxy) is 1. The first-order valence-electron chi connectivity index (χ1n) is 8.99. The van der Waals surface area contributed by atoms with E-state index in [-0.39, 0.29) is 5.91 Å². The van der Waals surface area contributed by atoms with Crippen LogP contribution in [0.25, 0.3) is 11.0 Å². The lowest BCUT2D eigenvalue weighted by molar-refractivity contribution is -0.114. The van der Waals surface area contributed by atoms with Gasteiger partial charge >= 0.3 is 6.03 Å². The molecule has 2 aromatic heterocycles. The van der Waals surface area contributed by atoms with Crippen LogP contribution < -0.4 is 20.7 Å². The second-order valence-electron chi connectivity index (χ2n) is 6.23. The Bertz CT molecular complexity index is 1240. The fraction of sp³-hybridized carbons (Fsp3) is 0.105. The molecule has 4 N–H and O–H groups in total. The van der Waals surface area contributed by atoms with Gasteiger partial charge in [0.15, 0.2) is 4.34 Å². The molecular formula is C19H17N7O3S2. The van der Waals surface area contributed by atoms with Crippen LogP contribution in [-0.2, 0) is 4.79 Å². The monoisotopic (exact) mass is 455 g/mol. The smallest absolute Gasteiger partial charge is 0.325 e. The standard InChI is InChI=1S/C19H17N7O3S2/c1-10(27)20-16-22-14-8-7-13(9-15(14)23-16)29-12-5-3-11(4-6-12)21-17(28)24-18-25-26-19(30-2)31-18/h3-9H,1-2H3,(H2,20,22,23,27)(H2,21,24,25,28). The van der Waals surface area contributed by atoms with Crippen LogP contribution in [0, 0.1) is 0 Å². The number of thioether (sulfide) groups is 1. The number of fused-ring (bicyclic) bond motifs is 1. The number of H-pyrrole nitrogens is 1. The predicted octanol–water partition coefficient (Wildman–Crippen LogP) is 4.53. The normalized spacial score (nSPS) is 10.6. The first-order chi connectivity index (χ1) is 15.0. The molecule has 2 aromatic carbocycles. The fourth-order valence-corrected chi connectivity index (χ4v) is 3.79. The number of amides is 3. The van der Waals surface area contributed by atoms with Crippen LogP contribution in [0.2, 0.25) is 0 Å². The average molecular weight is 456 g/mol. The number of urea groups is 1. The summed E-state index contributed by atoms with van der Waals surface area (Å²) in [6.45, 7) is 1.42. The molecule has 0 fully saturated rings. The van der Waals surface area contributed by atoms with Crippen molar-refractivity contribution >= 4 is 62.8 Å². The Balaban J connectivity index is 1.37. The van der Waals surface area contributed by atoms with Crippen LogP contribution >= 0.6 is 23.1 Å². The number of aromatic amines is 1. The zero-order valence-electron chi connectivity index (χ0n) is 16.4. The number of hydrogen-bond donors (Lipinski definition) is 4. The minimum absolute atomic E-state index is 0.203. The van der Waals surface area contributed by atoms with Gasteiger partial charge in [0, 0.05) is 18.7 Å². The van der Waals surface area contributed by atoms with Crippen LogP contribution in [0.1, 0.15) is 6.92 Å².